The second-order valence-corrected chi connectivity index (χ2v) is 8.53. The maximum absolute atomic E-state index is 12.5. The van der Waals surface area contributed by atoms with E-state index in [2.05, 4.69) is 22.3 Å². The van der Waals surface area contributed by atoms with Crippen LogP contribution in [0.15, 0.2) is 42.5 Å². The number of anilines is 1. The molecule has 6 heteroatoms. The summed E-state index contributed by atoms with van der Waals surface area (Å²) >= 11 is 0. The predicted octanol–water partition coefficient (Wildman–Crippen LogP) is 2.96. The summed E-state index contributed by atoms with van der Waals surface area (Å²) in [4.78, 5) is 29.1. The lowest BCUT2D eigenvalue weighted by molar-refractivity contribution is -0.121. The van der Waals surface area contributed by atoms with Gasteiger partial charge in [0.1, 0.15) is 0 Å². The lowest BCUT2D eigenvalue weighted by Gasteiger charge is -2.26. The Morgan fingerprint density at radius 1 is 1.00 bits per heavy atom. The van der Waals surface area contributed by atoms with Crippen LogP contribution >= 0.6 is 0 Å². The minimum Gasteiger partial charge on any atom is -0.379 e. The molecule has 4 rings (SSSR count). The van der Waals surface area contributed by atoms with Crippen molar-refractivity contribution in [2.24, 2.45) is 5.92 Å². The van der Waals surface area contributed by atoms with E-state index < -0.39 is 0 Å². The van der Waals surface area contributed by atoms with Crippen molar-refractivity contribution in [3.8, 4) is 11.1 Å². The topological polar surface area (TPSA) is 61.9 Å². The van der Waals surface area contributed by atoms with Crippen LogP contribution in [-0.2, 0) is 16.0 Å². The molecule has 0 aromatic heterocycles. The summed E-state index contributed by atoms with van der Waals surface area (Å²) in [5.74, 6) is 0.130. The summed E-state index contributed by atoms with van der Waals surface area (Å²) in [5.41, 5.74) is 5.08. The monoisotopic (exact) mass is 421 g/mol. The third-order valence-electron chi connectivity index (χ3n) is 6.03. The Morgan fingerprint density at radius 3 is 2.42 bits per heavy atom. The van der Waals surface area contributed by atoms with E-state index in [9.17, 15) is 9.59 Å². The van der Waals surface area contributed by atoms with Gasteiger partial charge in [0.05, 0.1) is 13.2 Å². The maximum Gasteiger partial charge on any atom is 0.251 e. The number of ether oxygens (including phenoxy) is 1. The summed E-state index contributed by atoms with van der Waals surface area (Å²) in [7, 11) is 0. The fourth-order valence-electron chi connectivity index (χ4n) is 4.19. The maximum atomic E-state index is 12.5. The molecule has 0 unspecified atom stereocenters. The van der Waals surface area contributed by atoms with Gasteiger partial charge in [-0.2, -0.15) is 0 Å². The molecular formula is C25H31N3O3. The summed E-state index contributed by atoms with van der Waals surface area (Å²) in [6.07, 6.45) is 0.880. The molecule has 1 saturated heterocycles. The number of nitrogens with zero attached hydrogens (tertiary/aromatic N) is 2. The molecule has 1 fully saturated rings. The second-order valence-electron chi connectivity index (χ2n) is 8.53. The van der Waals surface area contributed by atoms with Crippen LogP contribution in [0.1, 0.15) is 29.8 Å². The lowest BCUT2D eigenvalue weighted by atomic mass is 10.0. The summed E-state index contributed by atoms with van der Waals surface area (Å²) in [5, 5.41) is 3.01. The Balaban J connectivity index is 1.37. The average molecular weight is 422 g/mol. The summed E-state index contributed by atoms with van der Waals surface area (Å²) < 4.78 is 5.35. The highest BCUT2D eigenvalue weighted by Gasteiger charge is 2.26. The minimum atomic E-state index is -0.0448. The van der Waals surface area contributed by atoms with Gasteiger partial charge in [-0.3, -0.25) is 14.5 Å². The Morgan fingerprint density at radius 2 is 1.71 bits per heavy atom. The number of amides is 2. The highest BCUT2D eigenvalue weighted by Crippen LogP contribution is 2.33. The predicted molar refractivity (Wildman–Crippen MR) is 122 cm³/mol. The van der Waals surface area contributed by atoms with Crippen molar-refractivity contribution in [3.05, 3.63) is 53.6 Å². The SMILES string of the molecule is CC(C)C(=O)N1CCc2cc(-c3ccc(C(=O)NCCN4CCOCC4)cc3)ccc21. The first kappa shape index (κ1) is 21.5. The first-order chi connectivity index (χ1) is 15.0. The van der Waals surface area contributed by atoms with E-state index in [-0.39, 0.29) is 17.7 Å². The standard InChI is InChI=1S/C25H31N3O3/c1-18(2)25(30)28-11-9-22-17-21(7-8-23(22)28)19-3-5-20(6-4-19)24(29)26-10-12-27-13-15-31-16-14-27/h3-8,17-18H,9-16H2,1-2H3,(H,26,29). The van der Waals surface area contributed by atoms with Gasteiger partial charge in [0.25, 0.3) is 5.91 Å². The highest BCUT2D eigenvalue weighted by atomic mass is 16.5. The highest BCUT2D eigenvalue weighted by molar-refractivity contribution is 5.97. The van der Waals surface area contributed by atoms with Crippen molar-refractivity contribution < 1.29 is 14.3 Å². The zero-order chi connectivity index (χ0) is 21.8. The van der Waals surface area contributed by atoms with Crippen LogP contribution in [0.25, 0.3) is 11.1 Å². The molecule has 164 valence electrons. The summed E-state index contributed by atoms with van der Waals surface area (Å²) in [6, 6.07) is 14.0. The summed E-state index contributed by atoms with van der Waals surface area (Å²) in [6.45, 7) is 9.50. The number of carbonyl (C=O) groups excluding carboxylic acids is 2. The van der Waals surface area contributed by atoms with Crippen LogP contribution in [0.4, 0.5) is 5.69 Å². The number of fused-ring (bicyclic) bond motifs is 1. The van der Waals surface area contributed by atoms with Crippen molar-refractivity contribution in [1.29, 1.82) is 0 Å². The molecule has 0 aliphatic carbocycles. The molecule has 2 aromatic carbocycles. The molecule has 2 aromatic rings. The minimum absolute atomic E-state index is 0.00168. The van der Waals surface area contributed by atoms with Gasteiger partial charge < -0.3 is 15.0 Å². The zero-order valence-corrected chi connectivity index (χ0v) is 18.4. The van der Waals surface area contributed by atoms with Crippen LogP contribution in [0.5, 0.6) is 0 Å². The fourth-order valence-corrected chi connectivity index (χ4v) is 4.19. The van der Waals surface area contributed by atoms with Gasteiger partial charge in [0, 0.05) is 49.9 Å². The van der Waals surface area contributed by atoms with E-state index in [0.717, 1.165) is 62.6 Å². The molecule has 0 saturated carbocycles. The van der Waals surface area contributed by atoms with Crippen LogP contribution in [-0.4, -0.2) is 62.7 Å². The average Bonchev–Trinajstić information content (AvgIpc) is 3.22. The number of benzene rings is 2. The molecule has 0 spiro atoms. The van der Waals surface area contributed by atoms with E-state index >= 15 is 0 Å². The molecule has 2 amide bonds. The van der Waals surface area contributed by atoms with Gasteiger partial charge >= 0.3 is 0 Å². The van der Waals surface area contributed by atoms with Crippen molar-refractivity contribution >= 4 is 17.5 Å². The lowest BCUT2D eigenvalue weighted by Crippen LogP contribution is -2.41. The number of nitrogens with one attached hydrogen (secondary N) is 1. The van der Waals surface area contributed by atoms with E-state index in [0.29, 0.717) is 12.1 Å². The van der Waals surface area contributed by atoms with E-state index in [4.69, 9.17) is 4.74 Å². The molecule has 0 atom stereocenters. The smallest absolute Gasteiger partial charge is 0.251 e. The second kappa shape index (κ2) is 9.62. The van der Waals surface area contributed by atoms with Crippen molar-refractivity contribution in [2.75, 3.05) is 50.8 Å². The normalized spacial score (nSPS) is 16.4. The van der Waals surface area contributed by atoms with Gasteiger partial charge in [-0.05, 0) is 47.4 Å². The first-order valence-corrected chi connectivity index (χ1v) is 11.2. The number of carbonyl (C=O) groups is 2. The fraction of sp³-hybridized carbons (Fsp3) is 0.440. The number of hydrogen-bond donors (Lipinski definition) is 1. The van der Waals surface area contributed by atoms with Gasteiger partial charge in [0.15, 0.2) is 0 Å². The largest absolute Gasteiger partial charge is 0.379 e. The number of morpholine rings is 1. The first-order valence-electron chi connectivity index (χ1n) is 11.2. The Hall–Kier alpha value is -2.70. The van der Waals surface area contributed by atoms with Crippen molar-refractivity contribution in [1.82, 2.24) is 10.2 Å². The van der Waals surface area contributed by atoms with E-state index in [1.807, 2.05) is 49.1 Å². The van der Waals surface area contributed by atoms with Gasteiger partial charge in [-0.15, -0.1) is 0 Å². The van der Waals surface area contributed by atoms with Crippen LogP contribution in [0.3, 0.4) is 0 Å². The van der Waals surface area contributed by atoms with E-state index in [1.54, 1.807) is 0 Å². The third kappa shape index (κ3) is 4.97. The number of rotatable bonds is 6. The zero-order valence-electron chi connectivity index (χ0n) is 18.4. The Kier molecular flexibility index (Phi) is 6.68. The molecule has 31 heavy (non-hydrogen) atoms. The molecule has 6 nitrogen and oxygen atoms in total. The van der Waals surface area contributed by atoms with Crippen molar-refractivity contribution in [3.63, 3.8) is 0 Å². The van der Waals surface area contributed by atoms with Crippen LogP contribution in [0.2, 0.25) is 0 Å². The van der Waals surface area contributed by atoms with Gasteiger partial charge in [-0.1, -0.05) is 32.0 Å². The van der Waals surface area contributed by atoms with Crippen LogP contribution < -0.4 is 10.2 Å². The van der Waals surface area contributed by atoms with Crippen LogP contribution in [0, 0.1) is 5.92 Å². The third-order valence-corrected chi connectivity index (χ3v) is 6.03. The molecule has 0 bridgehead atoms. The van der Waals surface area contributed by atoms with Crippen molar-refractivity contribution in [2.45, 2.75) is 20.3 Å². The Labute approximate surface area is 184 Å². The quantitative estimate of drug-likeness (QED) is 0.779. The molecule has 2 heterocycles. The van der Waals surface area contributed by atoms with E-state index in [1.165, 1.54) is 5.56 Å². The Bertz CT molecular complexity index is 934. The molecule has 0 radical (unpaired) electrons. The molecule has 1 N–H and O–H groups in total. The molecule has 2 aliphatic heterocycles. The van der Waals surface area contributed by atoms with Gasteiger partial charge in [0.2, 0.25) is 5.91 Å². The van der Waals surface area contributed by atoms with Gasteiger partial charge in [-0.25, -0.2) is 0 Å². The molecular weight excluding hydrogens is 390 g/mol. The molecule has 2 aliphatic rings. The number of hydrogen-bond acceptors (Lipinski definition) is 4.